The fourth-order valence-electron chi connectivity index (χ4n) is 3.34. The average Bonchev–Trinajstić information content (AvgIpc) is 3.09. The molecular formula is C26H23ClN2O3. The summed E-state index contributed by atoms with van der Waals surface area (Å²) in [5, 5.41) is 6.54. The van der Waals surface area contributed by atoms with Crippen LogP contribution in [-0.2, 0) is 11.4 Å². The minimum atomic E-state index is -0.158. The van der Waals surface area contributed by atoms with Crippen LogP contribution in [0.3, 0.4) is 0 Å². The Balaban J connectivity index is 1.55. The summed E-state index contributed by atoms with van der Waals surface area (Å²) in [7, 11) is 0. The van der Waals surface area contributed by atoms with Crippen LogP contribution in [0.4, 0.5) is 5.69 Å². The summed E-state index contributed by atoms with van der Waals surface area (Å²) in [6.45, 7) is 4.65. The molecule has 0 spiro atoms. The third-order valence-electron chi connectivity index (χ3n) is 4.95. The van der Waals surface area contributed by atoms with Gasteiger partial charge in [-0.1, -0.05) is 48.0 Å². The SMILES string of the molecule is CCOc1cc(C=C2C(=O)N(c3ccccc3)N=C2C)ccc1OCc1ccc(Cl)cc1. The van der Waals surface area contributed by atoms with Crippen molar-refractivity contribution in [3.63, 3.8) is 0 Å². The summed E-state index contributed by atoms with van der Waals surface area (Å²) in [4.78, 5) is 13.0. The Labute approximate surface area is 192 Å². The number of hydrazone groups is 1. The number of anilines is 1. The van der Waals surface area contributed by atoms with Gasteiger partial charge in [0.05, 0.1) is 23.6 Å². The van der Waals surface area contributed by atoms with E-state index < -0.39 is 0 Å². The molecular weight excluding hydrogens is 424 g/mol. The van der Waals surface area contributed by atoms with E-state index in [-0.39, 0.29) is 5.91 Å². The molecule has 0 saturated heterocycles. The number of ether oxygens (including phenoxy) is 2. The van der Waals surface area contributed by atoms with Crippen molar-refractivity contribution in [3.8, 4) is 11.5 Å². The molecule has 0 N–H and O–H groups in total. The van der Waals surface area contributed by atoms with Gasteiger partial charge >= 0.3 is 0 Å². The first kappa shape index (κ1) is 21.7. The molecule has 3 aromatic rings. The van der Waals surface area contributed by atoms with Crippen LogP contribution >= 0.6 is 11.6 Å². The molecule has 0 fully saturated rings. The summed E-state index contributed by atoms with van der Waals surface area (Å²) in [6, 6.07) is 22.5. The van der Waals surface area contributed by atoms with E-state index in [1.54, 1.807) is 0 Å². The largest absolute Gasteiger partial charge is 0.490 e. The van der Waals surface area contributed by atoms with Gasteiger partial charge in [-0.15, -0.1) is 0 Å². The molecule has 1 amide bonds. The first-order valence-corrected chi connectivity index (χ1v) is 10.7. The summed E-state index contributed by atoms with van der Waals surface area (Å²) in [5.41, 5.74) is 3.79. The van der Waals surface area contributed by atoms with Gasteiger partial charge in [-0.3, -0.25) is 4.79 Å². The Morgan fingerprint density at radius 2 is 1.72 bits per heavy atom. The zero-order chi connectivity index (χ0) is 22.5. The molecule has 5 nitrogen and oxygen atoms in total. The fourth-order valence-corrected chi connectivity index (χ4v) is 3.46. The standard InChI is InChI=1S/C26H23ClN2O3/c1-3-31-25-16-20(11-14-24(25)32-17-19-9-12-21(27)13-10-19)15-23-18(2)28-29(26(23)30)22-7-5-4-6-8-22/h4-16H,3,17H2,1-2H3. The number of hydrogen-bond acceptors (Lipinski definition) is 4. The topological polar surface area (TPSA) is 51.1 Å². The number of carbonyl (C=O) groups excluding carboxylic acids is 1. The second-order valence-electron chi connectivity index (χ2n) is 7.25. The number of rotatable bonds is 7. The number of amides is 1. The summed E-state index contributed by atoms with van der Waals surface area (Å²) < 4.78 is 11.8. The molecule has 4 rings (SSSR count). The van der Waals surface area contributed by atoms with Gasteiger partial charge in [0, 0.05) is 5.02 Å². The van der Waals surface area contributed by atoms with E-state index in [1.807, 2.05) is 92.7 Å². The van der Waals surface area contributed by atoms with E-state index in [4.69, 9.17) is 21.1 Å². The van der Waals surface area contributed by atoms with Gasteiger partial charge in [-0.25, -0.2) is 0 Å². The van der Waals surface area contributed by atoms with Crippen LogP contribution < -0.4 is 14.5 Å². The Kier molecular flexibility index (Phi) is 6.57. The lowest BCUT2D eigenvalue weighted by Crippen LogP contribution is -2.21. The van der Waals surface area contributed by atoms with E-state index in [2.05, 4.69) is 5.10 Å². The lowest BCUT2D eigenvalue weighted by molar-refractivity contribution is -0.114. The molecule has 0 atom stereocenters. The van der Waals surface area contributed by atoms with E-state index in [1.165, 1.54) is 5.01 Å². The molecule has 3 aromatic carbocycles. The molecule has 6 heteroatoms. The van der Waals surface area contributed by atoms with Crippen LogP contribution in [0.1, 0.15) is 25.0 Å². The molecule has 0 radical (unpaired) electrons. The fraction of sp³-hybridized carbons (Fsp3) is 0.154. The maximum Gasteiger partial charge on any atom is 0.280 e. The minimum absolute atomic E-state index is 0.158. The van der Waals surface area contributed by atoms with Crippen LogP contribution in [0.15, 0.2) is 83.5 Å². The highest BCUT2D eigenvalue weighted by Gasteiger charge is 2.28. The van der Waals surface area contributed by atoms with Gasteiger partial charge in [0.2, 0.25) is 0 Å². The summed E-state index contributed by atoms with van der Waals surface area (Å²) in [5.74, 6) is 1.10. The van der Waals surface area contributed by atoms with Crippen molar-refractivity contribution >= 4 is 35.0 Å². The lowest BCUT2D eigenvalue weighted by Gasteiger charge is -2.13. The third-order valence-corrected chi connectivity index (χ3v) is 5.20. The second-order valence-corrected chi connectivity index (χ2v) is 7.69. The van der Waals surface area contributed by atoms with E-state index in [0.717, 1.165) is 16.8 Å². The van der Waals surface area contributed by atoms with Crippen LogP contribution in [0.2, 0.25) is 5.02 Å². The van der Waals surface area contributed by atoms with Crippen molar-refractivity contribution in [2.75, 3.05) is 11.6 Å². The predicted molar refractivity (Wildman–Crippen MR) is 128 cm³/mol. The van der Waals surface area contributed by atoms with Crippen LogP contribution in [0.25, 0.3) is 6.08 Å². The van der Waals surface area contributed by atoms with E-state index in [9.17, 15) is 4.79 Å². The van der Waals surface area contributed by atoms with Gasteiger partial charge in [-0.2, -0.15) is 10.1 Å². The number of halogens is 1. The predicted octanol–water partition coefficient (Wildman–Crippen LogP) is 6.12. The minimum Gasteiger partial charge on any atom is -0.490 e. The highest BCUT2D eigenvalue weighted by atomic mass is 35.5. The van der Waals surface area contributed by atoms with Gasteiger partial charge in [0.25, 0.3) is 5.91 Å². The summed E-state index contributed by atoms with van der Waals surface area (Å²) in [6.07, 6.45) is 1.83. The third kappa shape index (κ3) is 4.84. The number of carbonyl (C=O) groups is 1. The van der Waals surface area contributed by atoms with Crippen molar-refractivity contribution in [2.45, 2.75) is 20.5 Å². The Bertz CT molecular complexity index is 1170. The first-order chi connectivity index (χ1) is 15.5. The number of hydrogen-bond donors (Lipinski definition) is 0. The van der Waals surface area contributed by atoms with Crippen molar-refractivity contribution in [1.82, 2.24) is 0 Å². The molecule has 1 aliphatic heterocycles. The Hall–Kier alpha value is -3.57. The maximum absolute atomic E-state index is 13.0. The van der Waals surface area contributed by atoms with Gasteiger partial charge in [0.1, 0.15) is 6.61 Å². The molecule has 0 saturated carbocycles. The smallest absolute Gasteiger partial charge is 0.280 e. The maximum atomic E-state index is 13.0. The molecule has 0 bridgehead atoms. The quantitative estimate of drug-likeness (QED) is 0.410. The molecule has 0 aliphatic carbocycles. The number of para-hydroxylation sites is 1. The molecule has 162 valence electrons. The lowest BCUT2D eigenvalue weighted by atomic mass is 10.1. The van der Waals surface area contributed by atoms with Gasteiger partial charge in [0.15, 0.2) is 11.5 Å². The van der Waals surface area contributed by atoms with Gasteiger partial charge < -0.3 is 9.47 Å². The number of benzene rings is 3. The Morgan fingerprint density at radius 3 is 2.44 bits per heavy atom. The Morgan fingerprint density at radius 1 is 0.969 bits per heavy atom. The van der Waals surface area contributed by atoms with E-state index in [0.29, 0.717) is 41.0 Å². The van der Waals surface area contributed by atoms with Crippen LogP contribution in [-0.4, -0.2) is 18.2 Å². The zero-order valence-electron chi connectivity index (χ0n) is 17.9. The highest BCUT2D eigenvalue weighted by molar-refractivity contribution is 6.32. The van der Waals surface area contributed by atoms with Crippen molar-refractivity contribution in [1.29, 1.82) is 0 Å². The molecule has 0 aromatic heterocycles. The normalized spacial score (nSPS) is 14.6. The number of nitrogens with zero attached hydrogens (tertiary/aromatic N) is 2. The average molecular weight is 447 g/mol. The molecule has 1 aliphatic rings. The van der Waals surface area contributed by atoms with Crippen molar-refractivity contribution < 1.29 is 14.3 Å². The van der Waals surface area contributed by atoms with Crippen molar-refractivity contribution in [3.05, 3.63) is 94.5 Å². The van der Waals surface area contributed by atoms with Crippen LogP contribution in [0.5, 0.6) is 11.5 Å². The molecule has 1 heterocycles. The van der Waals surface area contributed by atoms with Crippen LogP contribution in [0, 0.1) is 0 Å². The molecule has 0 unspecified atom stereocenters. The zero-order valence-corrected chi connectivity index (χ0v) is 18.7. The first-order valence-electron chi connectivity index (χ1n) is 10.4. The molecule has 32 heavy (non-hydrogen) atoms. The van der Waals surface area contributed by atoms with Gasteiger partial charge in [-0.05, 0) is 67.4 Å². The van der Waals surface area contributed by atoms with Crippen molar-refractivity contribution in [2.24, 2.45) is 5.10 Å². The summed E-state index contributed by atoms with van der Waals surface area (Å²) >= 11 is 5.95. The second kappa shape index (κ2) is 9.71. The monoisotopic (exact) mass is 446 g/mol. The highest BCUT2D eigenvalue weighted by Crippen LogP contribution is 2.31. The van der Waals surface area contributed by atoms with E-state index >= 15 is 0 Å².